The topological polar surface area (TPSA) is 17.8 Å². The summed E-state index contributed by atoms with van der Waals surface area (Å²) in [6.07, 6.45) is 3.95. The maximum Gasteiger partial charge on any atom is 0.119 e. The number of imidazole rings is 1. The SMILES string of the molecule is Cc1ccc(SCc2nccn2CSc2ccc(C)cc2)cc1. The molecule has 4 heteroatoms. The van der Waals surface area contributed by atoms with Gasteiger partial charge in [0.2, 0.25) is 0 Å². The number of thioether (sulfide) groups is 2. The summed E-state index contributed by atoms with van der Waals surface area (Å²) in [5.74, 6) is 2.91. The summed E-state index contributed by atoms with van der Waals surface area (Å²) in [5, 5.41) is 0. The normalized spacial score (nSPS) is 10.9. The van der Waals surface area contributed by atoms with Crippen molar-refractivity contribution >= 4 is 23.5 Å². The summed E-state index contributed by atoms with van der Waals surface area (Å²) in [6, 6.07) is 17.3. The smallest absolute Gasteiger partial charge is 0.119 e. The highest BCUT2D eigenvalue weighted by Crippen LogP contribution is 2.25. The number of hydrogen-bond acceptors (Lipinski definition) is 3. The van der Waals surface area contributed by atoms with Crippen LogP contribution in [0.15, 0.2) is 70.7 Å². The van der Waals surface area contributed by atoms with Crippen molar-refractivity contribution in [2.45, 2.75) is 35.3 Å². The van der Waals surface area contributed by atoms with Crippen molar-refractivity contribution in [3.8, 4) is 0 Å². The highest BCUT2D eigenvalue weighted by atomic mass is 32.2. The molecule has 0 fully saturated rings. The van der Waals surface area contributed by atoms with Crippen LogP contribution in [0.5, 0.6) is 0 Å². The third kappa shape index (κ3) is 4.66. The fraction of sp³-hybridized carbons (Fsp3) is 0.211. The first-order valence-electron chi connectivity index (χ1n) is 7.60. The average Bonchev–Trinajstić information content (AvgIpc) is 3.01. The predicted octanol–water partition coefficient (Wildman–Crippen LogP) is 5.54. The van der Waals surface area contributed by atoms with Crippen LogP contribution in [0.25, 0.3) is 0 Å². The van der Waals surface area contributed by atoms with Crippen LogP contribution in [0.2, 0.25) is 0 Å². The van der Waals surface area contributed by atoms with E-state index in [1.165, 1.54) is 20.9 Å². The Kier molecular flexibility index (Phi) is 5.47. The molecule has 1 aromatic heterocycles. The molecule has 1 heterocycles. The molecule has 0 radical (unpaired) electrons. The Balaban J connectivity index is 1.58. The van der Waals surface area contributed by atoms with E-state index in [4.69, 9.17) is 0 Å². The Bertz CT molecular complexity index is 682. The van der Waals surface area contributed by atoms with Crippen molar-refractivity contribution in [2.24, 2.45) is 0 Å². The summed E-state index contributed by atoms with van der Waals surface area (Å²) in [7, 11) is 0. The molecular formula is C19H20N2S2. The van der Waals surface area contributed by atoms with Gasteiger partial charge in [-0.05, 0) is 38.1 Å². The molecule has 0 N–H and O–H groups in total. The Morgan fingerprint density at radius 3 is 2.00 bits per heavy atom. The lowest BCUT2D eigenvalue weighted by molar-refractivity contribution is 0.830. The van der Waals surface area contributed by atoms with Crippen LogP contribution in [-0.4, -0.2) is 9.55 Å². The molecule has 2 aromatic carbocycles. The van der Waals surface area contributed by atoms with E-state index in [2.05, 4.69) is 78.1 Å². The van der Waals surface area contributed by atoms with Crippen LogP contribution in [-0.2, 0) is 11.6 Å². The Hall–Kier alpha value is -1.65. The minimum Gasteiger partial charge on any atom is -0.324 e. The molecule has 23 heavy (non-hydrogen) atoms. The zero-order chi connectivity index (χ0) is 16.1. The first-order valence-corrected chi connectivity index (χ1v) is 9.57. The number of aryl methyl sites for hydroxylation is 2. The van der Waals surface area contributed by atoms with Crippen LogP contribution in [0.1, 0.15) is 17.0 Å². The third-order valence-corrected chi connectivity index (χ3v) is 5.60. The molecule has 0 atom stereocenters. The molecule has 0 saturated heterocycles. The molecule has 3 aromatic rings. The van der Waals surface area contributed by atoms with Gasteiger partial charge in [-0.25, -0.2) is 4.98 Å². The van der Waals surface area contributed by atoms with Gasteiger partial charge in [-0.2, -0.15) is 0 Å². The first-order chi connectivity index (χ1) is 11.2. The van der Waals surface area contributed by atoms with Crippen LogP contribution in [0.3, 0.4) is 0 Å². The standard InChI is InChI=1S/C19H20N2S2/c1-15-3-7-17(8-4-15)22-13-19-20-11-12-21(19)14-23-18-9-5-16(2)6-10-18/h3-12H,13-14H2,1-2H3. The molecule has 0 saturated carbocycles. The van der Waals surface area contributed by atoms with Crippen molar-refractivity contribution in [1.29, 1.82) is 0 Å². The Morgan fingerprint density at radius 2 is 1.39 bits per heavy atom. The van der Waals surface area contributed by atoms with Gasteiger partial charge < -0.3 is 4.57 Å². The molecule has 2 nitrogen and oxygen atoms in total. The maximum atomic E-state index is 4.50. The van der Waals surface area contributed by atoms with Crippen LogP contribution in [0.4, 0.5) is 0 Å². The Morgan fingerprint density at radius 1 is 0.826 bits per heavy atom. The number of aromatic nitrogens is 2. The van der Waals surface area contributed by atoms with Gasteiger partial charge in [0, 0.05) is 22.2 Å². The minimum absolute atomic E-state index is 0.893. The zero-order valence-electron chi connectivity index (χ0n) is 13.4. The Labute approximate surface area is 146 Å². The van der Waals surface area contributed by atoms with Gasteiger partial charge in [-0.1, -0.05) is 35.4 Å². The maximum absolute atomic E-state index is 4.50. The first kappa shape index (κ1) is 16.2. The molecular weight excluding hydrogens is 320 g/mol. The lowest BCUT2D eigenvalue weighted by atomic mass is 10.2. The summed E-state index contributed by atoms with van der Waals surface area (Å²) in [6.45, 7) is 4.23. The predicted molar refractivity (Wildman–Crippen MR) is 100 cm³/mol. The van der Waals surface area contributed by atoms with Crippen molar-refractivity contribution in [3.63, 3.8) is 0 Å². The molecule has 0 aliphatic carbocycles. The average molecular weight is 341 g/mol. The van der Waals surface area contributed by atoms with Gasteiger partial charge in [0.05, 0.1) is 11.6 Å². The van der Waals surface area contributed by atoms with Gasteiger partial charge in [0.15, 0.2) is 0 Å². The highest BCUT2D eigenvalue weighted by Gasteiger charge is 2.05. The molecule has 0 aliphatic rings. The second-order valence-corrected chi connectivity index (χ2v) is 7.57. The molecule has 3 rings (SSSR count). The third-order valence-electron chi connectivity index (χ3n) is 3.58. The van der Waals surface area contributed by atoms with E-state index in [0.29, 0.717) is 0 Å². The van der Waals surface area contributed by atoms with Crippen molar-refractivity contribution in [3.05, 3.63) is 77.9 Å². The number of benzene rings is 2. The fourth-order valence-corrected chi connectivity index (χ4v) is 3.88. The van der Waals surface area contributed by atoms with Gasteiger partial charge in [0.25, 0.3) is 0 Å². The van der Waals surface area contributed by atoms with Crippen LogP contribution >= 0.6 is 23.5 Å². The number of hydrogen-bond donors (Lipinski definition) is 0. The molecule has 0 bridgehead atoms. The molecule has 0 spiro atoms. The van der Waals surface area contributed by atoms with E-state index in [1.807, 2.05) is 29.7 Å². The summed E-state index contributed by atoms with van der Waals surface area (Å²) in [4.78, 5) is 7.09. The monoisotopic (exact) mass is 340 g/mol. The van der Waals surface area contributed by atoms with Gasteiger partial charge in [-0.15, -0.1) is 23.5 Å². The van der Waals surface area contributed by atoms with Gasteiger partial charge in [-0.3, -0.25) is 0 Å². The van der Waals surface area contributed by atoms with Crippen molar-refractivity contribution in [1.82, 2.24) is 9.55 Å². The summed E-state index contributed by atoms with van der Waals surface area (Å²) >= 11 is 3.67. The van der Waals surface area contributed by atoms with Gasteiger partial charge in [0.1, 0.15) is 5.82 Å². The largest absolute Gasteiger partial charge is 0.324 e. The van der Waals surface area contributed by atoms with Crippen LogP contribution < -0.4 is 0 Å². The van der Waals surface area contributed by atoms with E-state index < -0.39 is 0 Å². The second kappa shape index (κ2) is 7.75. The quantitative estimate of drug-likeness (QED) is 0.549. The molecule has 0 unspecified atom stereocenters. The highest BCUT2D eigenvalue weighted by molar-refractivity contribution is 7.98. The zero-order valence-corrected chi connectivity index (χ0v) is 15.0. The van der Waals surface area contributed by atoms with E-state index in [1.54, 1.807) is 0 Å². The number of rotatable bonds is 6. The molecule has 0 amide bonds. The molecule has 118 valence electrons. The van der Waals surface area contributed by atoms with E-state index >= 15 is 0 Å². The fourth-order valence-electron chi connectivity index (χ4n) is 2.16. The van der Waals surface area contributed by atoms with E-state index in [-0.39, 0.29) is 0 Å². The van der Waals surface area contributed by atoms with Gasteiger partial charge >= 0.3 is 0 Å². The molecule has 0 aliphatic heterocycles. The minimum atomic E-state index is 0.893. The number of nitrogens with zero attached hydrogens (tertiary/aromatic N) is 2. The van der Waals surface area contributed by atoms with Crippen molar-refractivity contribution in [2.75, 3.05) is 0 Å². The lowest BCUT2D eigenvalue weighted by Crippen LogP contribution is -1.99. The lowest BCUT2D eigenvalue weighted by Gasteiger charge is -2.08. The van der Waals surface area contributed by atoms with Crippen LogP contribution in [0, 0.1) is 13.8 Å². The van der Waals surface area contributed by atoms with Crippen molar-refractivity contribution < 1.29 is 0 Å². The summed E-state index contributed by atoms with van der Waals surface area (Å²) in [5.41, 5.74) is 2.59. The second-order valence-electron chi connectivity index (χ2n) is 5.50. The summed E-state index contributed by atoms with van der Waals surface area (Å²) < 4.78 is 2.23. The van der Waals surface area contributed by atoms with E-state index in [9.17, 15) is 0 Å². The van der Waals surface area contributed by atoms with E-state index in [0.717, 1.165) is 17.5 Å².